The maximum absolute atomic E-state index is 13.6. The molecule has 0 amide bonds. The normalized spacial score (nSPS) is 16.0. The van der Waals surface area contributed by atoms with Crippen LogP contribution in [0, 0.1) is 5.82 Å². The second-order valence-corrected chi connectivity index (χ2v) is 8.03. The quantitative estimate of drug-likeness (QED) is 0.403. The van der Waals surface area contributed by atoms with Gasteiger partial charge >= 0.3 is 0 Å². The number of aromatic nitrogens is 2. The second-order valence-electron chi connectivity index (χ2n) is 8.03. The first-order valence-corrected chi connectivity index (χ1v) is 11.1. The van der Waals surface area contributed by atoms with E-state index in [0.717, 1.165) is 73.6 Å². The maximum atomic E-state index is 13.6. The van der Waals surface area contributed by atoms with Crippen molar-refractivity contribution in [1.82, 2.24) is 25.5 Å². The first-order valence-electron chi connectivity index (χ1n) is 11.1. The number of rotatable bonds is 7. The third kappa shape index (κ3) is 5.82. The van der Waals surface area contributed by atoms with E-state index in [4.69, 9.17) is 4.99 Å². The summed E-state index contributed by atoms with van der Waals surface area (Å²) in [6, 6.07) is 11.4. The van der Waals surface area contributed by atoms with Crippen LogP contribution in [0.1, 0.15) is 31.0 Å². The van der Waals surface area contributed by atoms with Crippen molar-refractivity contribution in [2.45, 2.75) is 38.8 Å². The van der Waals surface area contributed by atoms with E-state index in [1.807, 2.05) is 24.5 Å². The Morgan fingerprint density at radius 1 is 1.26 bits per heavy atom. The van der Waals surface area contributed by atoms with Crippen LogP contribution in [0.4, 0.5) is 4.39 Å². The third-order valence-corrected chi connectivity index (χ3v) is 5.76. The number of nitrogens with zero attached hydrogens (tertiary/aromatic N) is 3. The van der Waals surface area contributed by atoms with Gasteiger partial charge in [-0.15, -0.1) is 0 Å². The van der Waals surface area contributed by atoms with Crippen molar-refractivity contribution in [1.29, 1.82) is 0 Å². The summed E-state index contributed by atoms with van der Waals surface area (Å²) in [7, 11) is 0. The summed E-state index contributed by atoms with van der Waals surface area (Å²) in [6.45, 7) is 6.56. The minimum absolute atomic E-state index is 0.207. The van der Waals surface area contributed by atoms with E-state index < -0.39 is 0 Å². The van der Waals surface area contributed by atoms with Gasteiger partial charge in [-0.05, 0) is 62.1 Å². The number of hydrogen-bond donors (Lipinski definition) is 3. The summed E-state index contributed by atoms with van der Waals surface area (Å²) in [5.74, 6) is 0.651. The number of aliphatic imine (C=N–C) groups is 1. The van der Waals surface area contributed by atoms with E-state index in [1.165, 1.54) is 6.07 Å². The summed E-state index contributed by atoms with van der Waals surface area (Å²) in [5, 5.41) is 7.89. The van der Waals surface area contributed by atoms with Gasteiger partial charge in [-0.1, -0.05) is 6.07 Å². The molecule has 1 aliphatic heterocycles. The fourth-order valence-electron chi connectivity index (χ4n) is 4.12. The third-order valence-electron chi connectivity index (χ3n) is 5.76. The molecule has 0 bridgehead atoms. The van der Waals surface area contributed by atoms with E-state index >= 15 is 0 Å². The van der Waals surface area contributed by atoms with E-state index in [0.29, 0.717) is 12.6 Å². The molecule has 3 N–H and O–H groups in total. The van der Waals surface area contributed by atoms with Crippen LogP contribution < -0.4 is 10.6 Å². The standard InChI is InChI=1S/C24H31FN6/c1-2-26-24(28-12-8-18-16-29-23-7-6-19(25)15-22(18)23)30-20-9-13-31(14-10-20)17-21-5-3-4-11-27-21/h3-7,11,15-16,20,29H,2,8-10,12-14,17H2,1H3,(H2,26,28,30). The molecule has 0 atom stereocenters. The van der Waals surface area contributed by atoms with Gasteiger partial charge in [0.2, 0.25) is 0 Å². The van der Waals surface area contributed by atoms with Crippen LogP contribution in [0.2, 0.25) is 0 Å². The molecule has 4 rings (SSSR count). The fraction of sp³-hybridized carbons (Fsp3) is 0.417. The first kappa shape index (κ1) is 21.3. The average molecular weight is 423 g/mol. The van der Waals surface area contributed by atoms with Crippen LogP contribution in [0.3, 0.4) is 0 Å². The molecule has 3 aromatic rings. The number of likely N-dealkylation sites (tertiary alicyclic amines) is 1. The minimum atomic E-state index is -0.207. The van der Waals surface area contributed by atoms with Crippen molar-refractivity contribution < 1.29 is 4.39 Å². The largest absolute Gasteiger partial charge is 0.361 e. The Balaban J connectivity index is 1.28. The molecule has 1 aliphatic rings. The highest BCUT2D eigenvalue weighted by Gasteiger charge is 2.20. The van der Waals surface area contributed by atoms with Crippen molar-refractivity contribution >= 4 is 16.9 Å². The molecule has 0 spiro atoms. The monoisotopic (exact) mass is 422 g/mol. The Hall–Kier alpha value is -2.93. The number of hydrogen-bond acceptors (Lipinski definition) is 3. The predicted molar refractivity (Wildman–Crippen MR) is 124 cm³/mol. The van der Waals surface area contributed by atoms with Crippen LogP contribution in [0.5, 0.6) is 0 Å². The van der Waals surface area contributed by atoms with Crippen LogP contribution in [0.25, 0.3) is 10.9 Å². The Bertz CT molecular complexity index is 992. The topological polar surface area (TPSA) is 68.3 Å². The van der Waals surface area contributed by atoms with E-state index in [1.54, 1.807) is 12.1 Å². The SMILES string of the molecule is CCNC(=NCCc1c[nH]c2ccc(F)cc12)NC1CCN(Cc2ccccn2)CC1. The van der Waals surface area contributed by atoms with Crippen molar-refractivity contribution in [3.8, 4) is 0 Å². The van der Waals surface area contributed by atoms with E-state index in [-0.39, 0.29) is 5.82 Å². The zero-order chi connectivity index (χ0) is 21.5. The highest BCUT2D eigenvalue weighted by molar-refractivity contribution is 5.83. The zero-order valence-corrected chi connectivity index (χ0v) is 18.1. The lowest BCUT2D eigenvalue weighted by molar-refractivity contribution is 0.196. The van der Waals surface area contributed by atoms with Gasteiger partial charge in [0.25, 0.3) is 0 Å². The molecule has 1 aromatic carbocycles. The molecule has 0 radical (unpaired) electrons. The van der Waals surface area contributed by atoms with Crippen molar-refractivity contribution in [3.63, 3.8) is 0 Å². The van der Waals surface area contributed by atoms with E-state index in [2.05, 4.69) is 38.5 Å². The highest BCUT2D eigenvalue weighted by atomic mass is 19.1. The number of piperidine rings is 1. The summed E-state index contributed by atoms with van der Waals surface area (Å²) in [6.07, 6.45) is 6.74. The van der Waals surface area contributed by atoms with Gasteiger partial charge < -0.3 is 15.6 Å². The van der Waals surface area contributed by atoms with Gasteiger partial charge in [0.1, 0.15) is 5.82 Å². The smallest absolute Gasteiger partial charge is 0.191 e. The molecule has 0 unspecified atom stereocenters. The summed E-state index contributed by atoms with van der Waals surface area (Å²) in [4.78, 5) is 14.9. The van der Waals surface area contributed by atoms with Crippen molar-refractivity contribution in [2.75, 3.05) is 26.2 Å². The second kappa shape index (κ2) is 10.4. The van der Waals surface area contributed by atoms with Gasteiger partial charge in [0.15, 0.2) is 5.96 Å². The van der Waals surface area contributed by atoms with Crippen LogP contribution >= 0.6 is 0 Å². The van der Waals surface area contributed by atoms with Gasteiger partial charge in [-0.2, -0.15) is 0 Å². The Kier molecular flexibility index (Phi) is 7.14. The lowest BCUT2D eigenvalue weighted by Crippen LogP contribution is -2.48. The molecule has 7 heteroatoms. The van der Waals surface area contributed by atoms with Crippen LogP contribution in [-0.2, 0) is 13.0 Å². The van der Waals surface area contributed by atoms with Crippen molar-refractivity contribution in [3.05, 3.63) is 65.9 Å². The lowest BCUT2D eigenvalue weighted by Gasteiger charge is -2.32. The molecule has 1 saturated heterocycles. The van der Waals surface area contributed by atoms with Crippen molar-refractivity contribution in [2.24, 2.45) is 4.99 Å². The summed E-state index contributed by atoms with van der Waals surface area (Å²) < 4.78 is 13.6. The Morgan fingerprint density at radius 3 is 2.90 bits per heavy atom. The van der Waals surface area contributed by atoms with Crippen LogP contribution in [-0.4, -0.2) is 53.0 Å². The minimum Gasteiger partial charge on any atom is -0.361 e. The van der Waals surface area contributed by atoms with Gasteiger partial charge in [-0.3, -0.25) is 14.9 Å². The van der Waals surface area contributed by atoms with E-state index in [9.17, 15) is 4.39 Å². The maximum Gasteiger partial charge on any atom is 0.191 e. The fourth-order valence-corrected chi connectivity index (χ4v) is 4.12. The van der Waals surface area contributed by atoms with Gasteiger partial charge in [-0.25, -0.2) is 4.39 Å². The molecular weight excluding hydrogens is 391 g/mol. The number of nitrogens with one attached hydrogen (secondary N) is 3. The lowest BCUT2D eigenvalue weighted by atomic mass is 10.0. The Morgan fingerprint density at radius 2 is 2.13 bits per heavy atom. The highest BCUT2D eigenvalue weighted by Crippen LogP contribution is 2.20. The number of pyridine rings is 1. The Labute approximate surface area is 183 Å². The zero-order valence-electron chi connectivity index (χ0n) is 18.1. The number of guanidine groups is 1. The number of aromatic amines is 1. The first-order chi connectivity index (χ1) is 15.2. The van der Waals surface area contributed by atoms with Gasteiger partial charge in [0, 0.05) is 62.1 Å². The summed E-state index contributed by atoms with van der Waals surface area (Å²) in [5.41, 5.74) is 3.18. The molecule has 31 heavy (non-hydrogen) atoms. The molecule has 6 nitrogen and oxygen atoms in total. The molecule has 1 fully saturated rings. The van der Waals surface area contributed by atoms with Crippen LogP contribution in [0.15, 0.2) is 53.8 Å². The average Bonchev–Trinajstić information content (AvgIpc) is 3.18. The molecule has 0 aliphatic carbocycles. The number of H-pyrrole nitrogens is 1. The molecule has 3 heterocycles. The molecule has 164 valence electrons. The molecule has 2 aromatic heterocycles. The number of benzene rings is 1. The molecule has 0 saturated carbocycles. The summed E-state index contributed by atoms with van der Waals surface area (Å²) >= 11 is 0. The van der Waals surface area contributed by atoms with Gasteiger partial charge in [0.05, 0.1) is 5.69 Å². The number of halogens is 1. The number of fused-ring (bicyclic) bond motifs is 1. The molecular formula is C24H31FN6. The predicted octanol–water partition coefficient (Wildman–Crippen LogP) is 3.46.